The first-order valence-electron chi connectivity index (χ1n) is 6.88. The number of thioether (sulfide) groups is 1. The molecule has 0 aliphatic heterocycles. The highest BCUT2D eigenvalue weighted by atomic mass is 32.2. The average molecular weight is 319 g/mol. The molecule has 7 heteroatoms. The van der Waals surface area contributed by atoms with Gasteiger partial charge in [0, 0.05) is 17.4 Å². The largest absolute Gasteiger partial charge is 0.508 e. The van der Waals surface area contributed by atoms with Crippen LogP contribution in [0.5, 0.6) is 5.75 Å². The molecular weight excluding hydrogens is 302 g/mol. The minimum Gasteiger partial charge on any atom is -0.508 e. The van der Waals surface area contributed by atoms with E-state index in [2.05, 4.69) is 15.3 Å². The van der Waals surface area contributed by atoms with Gasteiger partial charge in [0.2, 0.25) is 5.91 Å². The first-order chi connectivity index (χ1) is 10.6. The van der Waals surface area contributed by atoms with Crippen LogP contribution in [0.1, 0.15) is 19.0 Å². The number of phenolic OH excluding ortho intramolecular Hbond substituents is 1. The molecule has 6 nitrogen and oxygen atoms in total. The Bertz CT molecular complexity index is 698. The van der Waals surface area contributed by atoms with Crippen LogP contribution < -0.4 is 10.9 Å². The second kappa shape index (κ2) is 7.65. The summed E-state index contributed by atoms with van der Waals surface area (Å²) in [5.74, 6) is 0.0699. The lowest BCUT2D eigenvalue weighted by Gasteiger charge is -2.05. The molecule has 0 fully saturated rings. The number of hydrogen-bond acceptors (Lipinski definition) is 5. The predicted molar refractivity (Wildman–Crippen MR) is 86.3 cm³/mol. The molecule has 1 aromatic carbocycles. The average Bonchev–Trinajstić information content (AvgIpc) is 2.47. The molecule has 1 amide bonds. The number of benzene rings is 1. The molecule has 22 heavy (non-hydrogen) atoms. The van der Waals surface area contributed by atoms with E-state index >= 15 is 0 Å². The zero-order valence-corrected chi connectivity index (χ0v) is 12.9. The van der Waals surface area contributed by atoms with Gasteiger partial charge in [-0.1, -0.05) is 25.1 Å². The number of carbonyl (C=O) groups is 1. The van der Waals surface area contributed by atoms with E-state index < -0.39 is 0 Å². The Hall–Kier alpha value is -2.28. The van der Waals surface area contributed by atoms with Crippen molar-refractivity contribution in [3.63, 3.8) is 0 Å². The van der Waals surface area contributed by atoms with Gasteiger partial charge in [-0.3, -0.25) is 9.59 Å². The Morgan fingerprint density at radius 2 is 2.09 bits per heavy atom. The van der Waals surface area contributed by atoms with Crippen LogP contribution in [-0.2, 0) is 11.2 Å². The van der Waals surface area contributed by atoms with Crippen molar-refractivity contribution in [1.82, 2.24) is 9.97 Å². The van der Waals surface area contributed by atoms with E-state index in [1.165, 1.54) is 30.0 Å². The molecule has 3 N–H and O–H groups in total. The number of carbonyl (C=O) groups excluding carboxylic acids is 1. The first-order valence-corrected chi connectivity index (χ1v) is 7.87. The maximum atomic E-state index is 11.9. The lowest BCUT2D eigenvalue weighted by atomic mass is 10.2. The summed E-state index contributed by atoms with van der Waals surface area (Å²) in [5, 5.41) is 12.3. The van der Waals surface area contributed by atoms with Gasteiger partial charge in [-0.15, -0.1) is 0 Å². The first kappa shape index (κ1) is 16.1. The Kier molecular flexibility index (Phi) is 5.60. The standard InChI is InChI=1S/C15H17N3O3S/c1-2-3-11-8-13(20)18-15(17-11)22-9-14(21)16-10-4-6-12(19)7-5-10/h4-8,19H,2-3,9H2,1H3,(H,16,21)(H,17,18,20). The van der Waals surface area contributed by atoms with E-state index in [-0.39, 0.29) is 23.0 Å². The SMILES string of the molecule is CCCc1cc(=O)[nH]c(SCC(=O)Nc2ccc(O)cc2)n1. The normalized spacial score (nSPS) is 10.4. The van der Waals surface area contributed by atoms with Crippen molar-refractivity contribution in [2.45, 2.75) is 24.9 Å². The number of aromatic hydroxyl groups is 1. The van der Waals surface area contributed by atoms with Crippen molar-refractivity contribution >= 4 is 23.4 Å². The predicted octanol–water partition coefficient (Wildman–Crippen LogP) is 2.16. The van der Waals surface area contributed by atoms with Crippen LogP contribution in [-0.4, -0.2) is 26.7 Å². The third-order valence-electron chi connectivity index (χ3n) is 2.77. The van der Waals surface area contributed by atoms with Gasteiger partial charge in [-0.2, -0.15) is 0 Å². The van der Waals surface area contributed by atoms with E-state index in [0.717, 1.165) is 18.5 Å². The fraction of sp³-hybridized carbons (Fsp3) is 0.267. The Labute approximate surface area is 132 Å². The summed E-state index contributed by atoms with van der Waals surface area (Å²) in [6.07, 6.45) is 1.64. The third kappa shape index (κ3) is 4.92. The summed E-state index contributed by atoms with van der Waals surface area (Å²) in [6.45, 7) is 2.01. The molecule has 0 aliphatic carbocycles. The lowest BCUT2D eigenvalue weighted by molar-refractivity contribution is -0.113. The van der Waals surface area contributed by atoms with Crippen LogP contribution in [0.2, 0.25) is 0 Å². The van der Waals surface area contributed by atoms with Crippen molar-refractivity contribution in [2.75, 3.05) is 11.1 Å². The van der Waals surface area contributed by atoms with E-state index in [9.17, 15) is 14.7 Å². The van der Waals surface area contributed by atoms with Crippen LogP contribution in [0.3, 0.4) is 0 Å². The number of anilines is 1. The smallest absolute Gasteiger partial charge is 0.251 e. The topological polar surface area (TPSA) is 95.1 Å². The van der Waals surface area contributed by atoms with Crippen molar-refractivity contribution in [1.29, 1.82) is 0 Å². The quantitative estimate of drug-likeness (QED) is 0.431. The number of hydrogen-bond donors (Lipinski definition) is 3. The number of aromatic nitrogens is 2. The summed E-state index contributed by atoms with van der Waals surface area (Å²) in [5.41, 5.74) is 1.12. The van der Waals surface area contributed by atoms with Crippen LogP contribution in [0, 0.1) is 0 Å². The minimum atomic E-state index is -0.209. The molecule has 0 saturated carbocycles. The maximum absolute atomic E-state index is 11.9. The Morgan fingerprint density at radius 1 is 1.36 bits per heavy atom. The Morgan fingerprint density at radius 3 is 2.77 bits per heavy atom. The fourth-order valence-corrected chi connectivity index (χ4v) is 2.51. The molecule has 2 rings (SSSR count). The highest BCUT2D eigenvalue weighted by Gasteiger charge is 2.07. The monoisotopic (exact) mass is 319 g/mol. The van der Waals surface area contributed by atoms with Crippen LogP contribution in [0.25, 0.3) is 0 Å². The highest BCUT2D eigenvalue weighted by molar-refractivity contribution is 7.99. The van der Waals surface area contributed by atoms with Gasteiger partial charge >= 0.3 is 0 Å². The van der Waals surface area contributed by atoms with Crippen LogP contribution >= 0.6 is 11.8 Å². The zero-order chi connectivity index (χ0) is 15.9. The molecule has 0 unspecified atom stereocenters. The molecule has 116 valence electrons. The summed E-state index contributed by atoms with van der Waals surface area (Å²) < 4.78 is 0. The molecule has 0 bridgehead atoms. The molecule has 0 atom stereocenters. The Balaban J connectivity index is 1.93. The number of aryl methyl sites for hydroxylation is 1. The third-order valence-corrected chi connectivity index (χ3v) is 3.64. The molecule has 0 spiro atoms. The molecule has 1 heterocycles. The number of nitrogens with zero attached hydrogens (tertiary/aromatic N) is 1. The van der Waals surface area contributed by atoms with E-state index in [4.69, 9.17) is 0 Å². The van der Waals surface area contributed by atoms with Crippen molar-refractivity contribution < 1.29 is 9.90 Å². The number of nitrogens with one attached hydrogen (secondary N) is 2. The fourth-order valence-electron chi connectivity index (χ4n) is 1.81. The number of rotatable bonds is 6. The zero-order valence-electron chi connectivity index (χ0n) is 12.1. The van der Waals surface area contributed by atoms with Gasteiger partial charge in [-0.05, 0) is 30.7 Å². The molecule has 1 aromatic heterocycles. The number of phenols is 1. The summed E-state index contributed by atoms with van der Waals surface area (Å²) >= 11 is 1.18. The summed E-state index contributed by atoms with van der Waals surface area (Å²) in [6, 6.07) is 7.69. The van der Waals surface area contributed by atoms with Crippen molar-refractivity contribution in [3.8, 4) is 5.75 Å². The molecule has 2 aromatic rings. The maximum Gasteiger partial charge on any atom is 0.251 e. The van der Waals surface area contributed by atoms with Gasteiger partial charge in [0.15, 0.2) is 5.16 Å². The second-order valence-corrected chi connectivity index (χ2v) is 5.64. The lowest BCUT2D eigenvalue weighted by Crippen LogP contribution is -2.15. The molecular formula is C15H17N3O3S. The summed E-state index contributed by atoms with van der Waals surface area (Å²) in [4.78, 5) is 30.3. The number of aromatic amines is 1. The van der Waals surface area contributed by atoms with Gasteiger partial charge in [0.1, 0.15) is 5.75 Å². The molecule has 0 radical (unpaired) electrons. The van der Waals surface area contributed by atoms with Crippen LogP contribution in [0.15, 0.2) is 40.3 Å². The van der Waals surface area contributed by atoms with Gasteiger partial charge < -0.3 is 15.4 Å². The van der Waals surface area contributed by atoms with E-state index in [0.29, 0.717) is 10.8 Å². The minimum absolute atomic E-state index is 0.138. The molecule has 0 saturated heterocycles. The van der Waals surface area contributed by atoms with E-state index in [1.807, 2.05) is 6.92 Å². The number of amides is 1. The van der Waals surface area contributed by atoms with Crippen molar-refractivity contribution in [3.05, 3.63) is 46.4 Å². The van der Waals surface area contributed by atoms with Gasteiger partial charge in [0.25, 0.3) is 5.56 Å². The van der Waals surface area contributed by atoms with E-state index in [1.54, 1.807) is 12.1 Å². The number of H-pyrrole nitrogens is 1. The van der Waals surface area contributed by atoms with Gasteiger partial charge in [0.05, 0.1) is 5.75 Å². The molecule has 0 aliphatic rings. The summed E-state index contributed by atoms with van der Waals surface area (Å²) in [7, 11) is 0. The van der Waals surface area contributed by atoms with Gasteiger partial charge in [-0.25, -0.2) is 4.98 Å². The second-order valence-electron chi connectivity index (χ2n) is 4.68. The van der Waals surface area contributed by atoms with Crippen LogP contribution in [0.4, 0.5) is 5.69 Å². The van der Waals surface area contributed by atoms with Crippen molar-refractivity contribution in [2.24, 2.45) is 0 Å². The highest BCUT2D eigenvalue weighted by Crippen LogP contribution is 2.16.